The predicted molar refractivity (Wildman–Crippen MR) is 147 cm³/mol. The third kappa shape index (κ3) is 5.35. The summed E-state index contributed by atoms with van der Waals surface area (Å²) in [5.74, 6) is 0.433. The minimum Gasteiger partial charge on any atom is -0.340 e. The third-order valence-corrected chi connectivity index (χ3v) is 8.41. The van der Waals surface area contributed by atoms with E-state index in [9.17, 15) is 0 Å². The van der Waals surface area contributed by atoms with Crippen molar-refractivity contribution in [3.8, 4) is 0 Å². The quantitative estimate of drug-likeness (QED) is 0.251. The first-order chi connectivity index (χ1) is 16.9. The van der Waals surface area contributed by atoms with Gasteiger partial charge in [-0.3, -0.25) is 4.99 Å². The number of aliphatic imine (C=N–C) groups is 1. The second-order valence-electron chi connectivity index (χ2n) is 8.43. The lowest BCUT2D eigenvalue weighted by Crippen LogP contribution is -2.31. The third-order valence-electron chi connectivity index (χ3n) is 6.11. The summed E-state index contributed by atoms with van der Waals surface area (Å²) in [6.45, 7) is 0.746. The Balaban J connectivity index is 1.54. The number of nitrogens with zero attached hydrogens (tertiary/aromatic N) is 1. The van der Waals surface area contributed by atoms with Gasteiger partial charge in [-0.1, -0.05) is 121 Å². The average molecular weight is 461 g/mol. The molecule has 0 radical (unpaired) electrons. The van der Waals surface area contributed by atoms with Crippen molar-refractivity contribution < 1.29 is 0 Å². The molecule has 0 bridgehead atoms. The molecule has 0 spiro atoms. The number of rotatable bonds is 7. The molecule has 1 atom stereocenters. The predicted octanol–water partition coefficient (Wildman–Crippen LogP) is 6.26. The summed E-state index contributed by atoms with van der Waals surface area (Å²) in [7, 11) is -0.816. The van der Waals surface area contributed by atoms with E-state index in [1.54, 1.807) is 0 Å². The van der Waals surface area contributed by atoms with Crippen LogP contribution in [-0.4, -0.2) is 12.1 Å². The van der Waals surface area contributed by atoms with E-state index in [4.69, 9.17) is 4.99 Å². The van der Waals surface area contributed by atoms with E-state index >= 15 is 0 Å². The van der Waals surface area contributed by atoms with E-state index in [1.165, 1.54) is 21.7 Å². The summed E-state index contributed by atoms with van der Waals surface area (Å²) in [5.41, 5.74) is 4.87. The molecule has 2 nitrogen and oxygen atoms in total. The molecule has 3 aromatic carbocycles. The normalized spacial score (nSPS) is 17.2. The average Bonchev–Trinajstić information content (AvgIpc) is 2.91. The molecule has 0 aliphatic heterocycles. The van der Waals surface area contributed by atoms with Gasteiger partial charge in [-0.15, -0.1) is 0 Å². The molecule has 0 fully saturated rings. The number of allylic oxidation sites excluding steroid dienone is 7. The second kappa shape index (κ2) is 11.1. The van der Waals surface area contributed by atoms with E-state index < -0.39 is 7.92 Å². The molecular weight excluding hydrogens is 431 g/mol. The van der Waals surface area contributed by atoms with Crippen LogP contribution in [0.25, 0.3) is 0 Å². The van der Waals surface area contributed by atoms with Crippen LogP contribution in [0.1, 0.15) is 12.0 Å². The topological polar surface area (TPSA) is 24.4 Å². The van der Waals surface area contributed by atoms with Gasteiger partial charge in [0.1, 0.15) is 5.58 Å². The molecule has 0 saturated heterocycles. The van der Waals surface area contributed by atoms with Gasteiger partial charge >= 0.3 is 0 Å². The fourth-order valence-electron chi connectivity index (χ4n) is 4.39. The van der Waals surface area contributed by atoms with Crippen molar-refractivity contribution in [2.75, 3.05) is 6.54 Å². The highest BCUT2D eigenvalue weighted by Crippen LogP contribution is 2.36. The monoisotopic (exact) mass is 460 g/mol. The Bertz CT molecular complexity index is 1200. The molecular formula is C31H29N2P. The highest BCUT2D eigenvalue weighted by atomic mass is 31.1. The standard InChI is InChI=1S/C31H29N2P/c1-4-13-25(14-5-1)23-24-32-31(33-30-22-12-16-26-15-10-11-21-29(26)30)34(27-17-6-2-7-18-27)28-19-8-3-9-20-28/h1-15,17-22,26H,16,23-24H2,(H,32,33). The summed E-state index contributed by atoms with van der Waals surface area (Å²) < 4.78 is 0. The minimum atomic E-state index is -0.816. The van der Waals surface area contributed by atoms with E-state index in [0.29, 0.717) is 5.92 Å². The van der Waals surface area contributed by atoms with Crippen LogP contribution in [0.4, 0.5) is 0 Å². The molecule has 0 saturated carbocycles. The smallest absolute Gasteiger partial charge is 0.133 e. The summed E-state index contributed by atoms with van der Waals surface area (Å²) in [4.78, 5) is 5.23. The maximum absolute atomic E-state index is 5.23. The highest BCUT2D eigenvalue weighted by Gasteiger charge is 2.24. The Kier molecular flexibility index (Phi) is 7.28. The molecule has 3 heteroatoms. The Morgan fingerprint density at radius 3 is 2.12 bits per heavy atom. The van der Waals surface area contributed by atoms with Crippen molar-refractivity contribution in [1.29, 1.82) is 0 Å². The van der Waals surface area contributed by atoms with Gasteiger partial charge in [-0.25, -0.2) is 0 Å². The fourth-order valence-corrected chi connectivity index (χ4v) is 6.59. The van der Waals surface area contributed by atoms with Gasteiger partial charge in [0.2, 0.25) is 0 Å². The van der Waals surface area contributed by atoms with Crippen molar-refractivity contribution in [2.45, 2.75) is 12.8 Å². The maximum Gasteiger partial charge on any atom is 0.133 e. The van der Waals surface area contributed by atoms with Gasteiger partial charge < -0.3 is 5.32 Å². The Morgan fingerprint density at radius 2 is 1.44 bits per heavy atom. The number of fused-ring (bicyclic) bond motifs is 1. The van der Waals surface area contributed by atoms with Crippen LogP contribution in [0.2, 0.25) is 0 Å². The lowest BCUT2D eigenvalue weighted by atomic mass is 9.87. The molecule has 168 valence electrons. The molecule has 0 aromatic heterocycles. The number of hydrogen-bond acceptors (Lipinski definition) is 1. The Morgan fingerprint density at radius 1 is 0.794 bits per heavy atom. The van der Waals surface area contributed by atoms with Crippen LogP contribution in [0.15, 0.2) is 144 Å². The second-order valence-corrected chi connectivity index (χ2v) is 10.6. The zero-order valence-corrected chi connectivity index (χ0v) is 20.1. The molecule has 5 rings (SSSR count). The minimum absolute atomic E-state index is 0.433. The van der Waals surface area contributed by atoms with E-state index in [0.717, 1.165) is 30.7 Å². The van der Waals surface area contributed by atoms with Crippen LogP contribution in [0.5, 0.6) is 0 Å². The van der Waals surface area contributed by atoms with Gasteiger partial charge in [0.05, 0.1) is 0 Å². The molecule has 34 heavy (non-hydrogen) atoms. The lowest BCUT2D eigenvalue weighted by Gasteiger charge is -2.27. The fraction of sp³-hybridized carbons (Fsp3) is 0.129. The SMILES string of the molecule is C1=CC2=C(NC(=NCCc3ccccc3)P(c3ccccc3)c3ccccc3)C=CCC2C=C1. The summed E-state index contributed by atoms with van der Waals surface area (Å²) in [6, 6.07) is 32.2. The van der Waals surface area contributed by atoms with Gasteiger partial charge in [0.15, 0.2) is 0 Å². The molecule has 0 heterocycles. The van der Waals surface area contributed by atoms with Crippen molar-refractivity contribution in [3.63, 3.8) is 0 Å². The van der Waals surface area contributed by atoms with Crippen LogP contribution >= 0.6 is 7.92 Å². The first-order valence-corrected chi connectivity index (χ1v) is 13.2. The van der Waals surface area contributed by atoms with Gasteiger partial charge in [-0.05, 0) is 40.7 Å². The van der Waals surface area contributed by atoms with Gasteiger partial charge in [0, 0.05) is 26.1 Å². The summed E-state index contributed by atoms with van der Waals surface area (Å²) >= 11 is 0. The summed E-state index contributed by atoms with van der Waals surface area (Å²) in [6.07, 6.45) is 15.3. The zero-order valence-electron chi connectivity index (χ0n) is 19.2. The summed E-state index contributed by atoms with van der Waals surface area (Å²) in [5, 5.41) is 6.43. The van der Waals surface area contributed by atoms with Crippen molar-refractivity contribution in [1.82, 2.24) is 5.32 Å². The first-order valence-electron chi connectivity index (χ1n) is 11.9. The Labute approximate surface area is 203 Å². The van der Waals surface area contributed by atoms with Crippen molar-refractivity contribution in [3.05, 3.63) is 144 Å². The Hall–Kier alpha value is -3.48. The van der Waals surface area contributed by atoms with Crippen LogP contribution in [-0.2, 0) is 6.42 Å². The van der Waals surface area contributed by atoms with Crippen LogP contribution < -0.4 is 15.9 Å². The van der Waals surface area contributed by atoms with Crippen LogP contribution in [0.3, 0.4) is 0 Å². The number of hydrogen-bond donors (Lipinski definition) is 1. The zero-order chi connectivity index (χ0) is 23.0. The highest BCUT2D eigenvalue weighted by molar-refractivity contribution is 7.88. The first kappa shape index (κ1) is 22.3. The number of benzene rings is 3. The van der Waals surface area contributed by atoms with E-state index in [-0.39, 0.29) is 0 Å². The maximum atomic E-state index is 5.23. The molecule has 1 N–H and O–H groups in total. The lowest BCUT2D eigenvalue weighted by molar-refractivity contribution is 0.759. The molecule has 1 unspecified atom stereocenters. The molecule has 2 aliphatic rings. The van der Waals surface area contributed by atoms with Crippen molar-refractivity contribution >= 4 is 24.1 Å². The molecule has 3 aromatic rings. The van der Waals surface area contributed by atoms with E-state index in [2.05, 4.69) is 133 Å². The van der Waals surface area contributed by atoms with Gasteiger partial charge in [0.25, 0.3) is 0 Å². The number of nitrogens with one attached hydrogen (secondary N) is 1. The number of amidine groups is 1. The molecule has 2 aliphatic carbocycles. The van der Waals surface area contributed by atoms with Crippen molar-refractivity contribution in [2.24, 2.45) is 10.9 Å². The van der Waals surface area contributed by atoms with Crippen LogP contribution in [0, 0.1) is 5.92 Å². The van der Waals surface area contributed by atoms with E-state index in [1.807, 2.05) is 0 Å². The largest absolute Gasteiger partial charge is 0.340 e. The molecule has 0 amide bonds. The van der Waals surface area contributed by atoms with Gasteiger partial charge in [-0.2, -0.15) is 0 Å².